The molecule has 3 rings (SSSR count). The molecule has 6 nitrogen and oxygen atoms in total. The zero-order valence-corrected chi connectivity index (χ0v) is 15.4. The van der Waals surface area contributed by atoms with Gasteiger partial charge in [-0.1, -0.05) is 42.0 Å². The minimum Gasteiger partial charge on any atom is -0.452 e. The summed E-state index contributed by atoms with van der Waals surface area (Å²) in [5.74, 6) is 0.0301. The topological polar surface area (TPSA) is 72.6 Å². The van der Waals surface area contributed by atoms with Crippen LogP contribution < -0.4 is 0 Å². The molecule has 0 saturated carbocycles. The van der Waals surface area contributed by atoms with Gasteiger partial charge in [0.1, 0.15) is 0 Å². The zero-order chi connectivity index (χ0) is 19.4. The smallest absolute Gasteiger partial charge is 0.339 e. The predicted octanol–water partition coefficient (Wildman–Crippen LogP) is 3.56. The second kappa shape index (κ2) is 7.86. The summed E-state index contributed by atoms with van der Waals surface area (Å²) in [4.78, 5) is 29.7. The summed E-state index contributed by atoms with van der Waals surface area (Å²) in [5.41, 5.74) is 2.86. The first-order valence-electron chi connectivity index (χ1n) is 8.45. The van der Waals surface area contributed by atoms with E-state index >= 15 is 0 Å². The van der Waals surface area contributed by atoms with Crippen LogP contribution in [0.5, 0.6) is 0 Å². The van der Waals surface area contributed by atoms with Crippen LogP contribution in [0.2, 0.25) is 0 Å². The van der Waals surface area contributed by atoms with Crippen molar-refractivity contribution in [3.63, 3.8) is 0 Å². The number of aromatic nitrogens is 1. The van der Waals surface area contributed by atoms with Crippen molar-refractivity contribution in [3.8, 4) is 22.8 Å². The van der Waals surface area contributed by atoms with Crippen LogP contribution in [-0.4, -0.2) is 42.5 Å². The Labute approximate surface area is 157 Å². The SMILES string of the molecule is Cc1ccc(-c2cnc(-c3ccccc3C(=O)OCC(=O)N(C)C)o2)cc1. The quantitative estimate of drug-likeness (QED) is 0.647. The van der Waals surface area contributed by atoms with Gasteiger partial charge in [0.25, 0.3) is 5.91 Å². The van der Waals surface area contributed by atoms with Crippen molar-refractivity contribution >= 4 is 11.9 Å². The fraction of sp³-hybridized carbons (Fsp3) is 0.190. The van der Waals surface area contributed by atoms with Crippen LogP contribution >= 0.6 is 0 Å². The fourth-order valence-electron chi connectivity index (χ4n) is 2.43. The van der Waals surface area contributed by atoms with Crippen LogP contribution in [0.4, 0.5) is 0 Å². The molecule has 0 fully saturated rings. The molecular weight excluding hydrogens is 344 g/mol. The first-order valence-corrected chi connectivity index (χ1v) is 8.45. The van der Waals surface area contributed by atoms with Crippen LogP contribution in [0, 0.1) is 6.92 Å². The van der Waals surface area contributed by atoms with Gasteiger partial charge in [-0.15, -0.1) is 0 Å². The standard InChI is InChI=1S/C21H20N2O4/c1-14-8-10-15(11-9-14)18-12-22-20(27-18)16-6-4-5-7-17(16)21(25)26-13-19(24)23(2)3/h4-12H,13H2,1-3H3. The number of ether oxygens (including phenoxy) is 1. The summed E-state index contributed by atoms with van der Waals surface area (Å²) >= 11 is 0. The Morgan fingerprint density at radius 2 is 1.78 bits per heavy atom. The molecule has 0 unspecified atom stereocenters. The maximum Gasteiger partial charge on any atom is 0.339 e. The van der Waals surface area contributed by atoms with Crippen LogP contribution in [0.15, 0.2) is 59.1 Å². The van der Waals surface area contributed by atoms with E-state index in [9.17, 15) is 9.59 Å². The number of aryl methyl sites for hydroxylation is 1. The molecular formula is C21H20N2O4. The van der Waals surface area contributed by atoms with E-state index in [4.69, 9.17) is 9.15 Å². The summed E-state index contributed by atoms with van der Waals surface area (Å²) in [7, 11) is 3.20. The highest BCUT2D eigenvalue weighted by Crippen LogP contribution is 2.28. The second-order valence-electron chi connectivity index (χ2n) is 6.31. The number of esters is 1. The van der Waals surface area contributed by atoms with E-state index in [1.165, 1.54) is 4.90 Å². The number of carbonyl (C=O) groups excluding carboxylic acids is 2. The van der Waals surface area contributed by atoms with Gasteiger partial charge in [-0.3, -0.25) is 4.79 Å². The van der Waals surface area contributed by atoms with Gasteiger partial charge in [-0.05, 0) is 19.1 Å². The molecule has 1 aromatic heterocycles. The van der Waals surface area contributed by atoms with Crippen molar-refractivity contribution in [3.05, 3.63) is 65.9 Å². The Bertz CT molecular complexity index is 958. The van der Waals surface area contributed by atoms with E-state index in [1.807, 2.05) is 31.2 Å². The molecule has 0 radical (unpaired) electrons. The number of likely N-dealkylation sites (N-methyl/N-ethyl adjacent to an activating group) is 1. The molecule has 0 N–H and O–H groups in total. The highest BCUT2D eigenvalue weighted by Gasteiger charge is 2.19. The van der Waals surface area contributed by atoms with Crippen LogP contribution in [0.1, 0.15) is 15.9 Å². The van der Waals surface area contributed by atoms with Crippen molar-refractivity contribution < 1.29 is 18.7 Å². The molecule has 1 heterocycles. The molecule has 138 valence electrons. The minimum absolute atomic E-state index is 0.293. The summed E-state index contributed by atoms with van der Waals surface area (Å²) in [6.07, 6.45) is 1.62. The lowest BCUT2D eigenvalue weighted by atomic mass is 10.1. The summed E-state index contributed by atoms with van der Waals surface area (Å²) in [6.45, 7) is 1.69. The zero-order valence-electron chi connectivity index (χ0n) is 15.4. The summed E-state index contributed by atoms with van der Waals surface area (Å²) < 4.78 is 11.0. The lowest BCUT2D eigenvalue weighted by Gasteiger charge is -2.11. The van der Waals surface area contributed by atoms with Gasteiger partial charge < -0.3 is 14.1 Å². The average molecular weight is 364 g/mol. The van der Waals surface area contributed by atoms with Crippen molar-refractivity contribution in [1.29, 1.82) is 0 Å². The van der Waals surface area contributed by atoms with Gasteiger partial charge in [0.05, 0.1) is 17.3 Å². The van der Waals surface area contributed by atoms with Crippen LogP contribution in [-0.2, 0) is 9.53 Å². The van der Waals surface area contributed by atoms with E-state index in [1.54, 1.807) is 44.6 Å². The lowest BCUT2D eigenvalue weighted by Crippen LogP contribution is -2.27. The second-order valence-corrected chi connectivity index (χ2v) is 6.31. The van der Waals surface area contributed by atoms with Gasteiger partial charge in [0.2, 0.25) is 5.89 Å². The molecule has 0 atom stereocenters. The minimum atomic E-state index is -0.601. The van der Waals surface area contributed by atoms with Gasteiger partial charge >= 0.3 is 5.97 Å². The number of carbonyl (C=O) groups is 2. The third-order valence-corrected chi connectivity index (χ3v) is 4.04. The number of oxazole rings is 1. The highest BCUT2D eigenvalue weighted by atomic mass is 16.5. The van der Waals surface area contributed by atoms with Gasteiger partial charge in [-0.25, -0.2) is 9.78 Å². The average Bonchev–Trinajstić information content (AvgIpc) is 3.16. The Morgan fingerprint density at radius 1 is 1.07 bits per heavy atom. The molecule has 0 aliphatic carbocycles. The van der Waals surface area contributed by atoms with E-state index in [0.717, 1.165) is 11.1 Å². The number of amides is 1. The Kier molecular flexibility index (Phi) is 5.35. The largest absolute Gasteiger partial charge is 0.452 e. The number of hydrogen-bond acceptors (Lipinski definition) is 5. The Balaban J connectivity index is 1.85. The first-order chi connectivity index (χ1) is 13.0. The van der Waals surface area contributed by atoms with Crippen LogP contribution in [0.3, 0.4) is 0 Å². The molecule has 0 aliphatic heterocycles. The highest BCUT2D eigenvalue weighted by molar-refractivity contribution is 5.97. The van der Waals surface area contributed by atoms with E-state index < -0.39 is 5.97 Å². The van der Waals surface area contributed by atoms with Crippen molar-refractivity contribution in [2.75, 3.05) is 20.7 Å². The molecule has 0 bridgehead atoms. The molecule has 2 aromatic carbocycles. The monoisotopic (exact) mass is 364 g/mol. The summed E-state index contributed by atoms with van der Waals surface area (Å²) in [5, 5.41) is 0. The van der Waals surface area contributed by atoms with Crippen LogP contribution in [0.25, 0.3) is 22.8 Å². The van der Waals surface area contributed by atoms with Crippen molar-refractivity contribution in [2.24, 2.45) is 0 Å². The molecule has 6 heteroatoms. The Hall–Kier alpha value is -3.41. The molecule has 0 spiro atoms. The molecule has 3 aromatic rings. The molecule has 0 saturated heterocycles. The maximum atomic E-state index is 12.4. The summed E-state index contributed by atoms with van der Waals surface area (Å²) in [6, 6.07) is 14.7. The van der Waals surface area contributed by atoms with Crippen molar-refractivity contribution in [1.82, 2.24) is 9.88 Å². The predicted molar refractivity (Wildman–Crippen MR) is 101 cm³/mol. The number of rotatable bonds is 5. The number of nitrogens with zero attached hydrogens (tertiary/aromatic N) is 2. The molecule has 27 heavy (non-hydrogen) atoms. The Morgan fingerprint density at radius 3 is 2.48 bits per heavy atom. The third kappa shape index (κ3) is 4.23. The normalized spacial score (nSPS) is 10.5. The number of hydrogen-bond donors (Lipinski definition) is 0. The lowest BCUT2D eigenvalue weighted by molar-refractivity contribution is -0.131. The number of benzene rings is 2. The van der Waals surface area contributed by atoms with Gasteiger partial charge in [-0.2, -0.15) is 0 Å². The molecule has 0 aliphatic rings. The van der Waals surface area contributed by atoms with Crippen molar-refractivity contribution in [2.45, 2.75) is 6.92 Å². The maximum absolute atomic E-state index is 12.4. The van der Waals surface area contributed by atoms with E-state index in [2.05, 4.69) is 4.98 Å². The van der Waals surface area contributed by atoms with Gasteiger partial charge in [0, 0.05) is 19.7 Å². The first kappa shape index (κ1) is 18.4. The molecule has 1 amide bonds. The fourth-order valence-corrected chi connectivity index (χ4v) is 2.43. The third-order valence-electron chi connectivity index (χ3n) is 4.04. The van der Waals surface area contributed by atoms with E-state index in [0.29, 0.717) is 22.8 Å². The van der Waals surface area contributed by atoms with E-state index in [-0.39, 0.29) is 12.5 Å². The van der Waals surface area contributed by atoms with Gasteiger partial charge in [0.15, 0.2) is 12.4 Å².